The largest absolute Gasteiger partial charge is 0.475 e. The van der Waals surface area contributed by atoms with Crippen molar-refractivity contribution in [2.45, 2.75) is 51.0 Å². The van der Waals surface area contributed by atoms with E-state index in [0.29, 0.717) is 17.8 Å². The van der Waals surface area contributed by atoms with Crippen LogP contribution in [0.2, 0.25) is 0 Å². The van der Waals surface area contributed by atoms with Gasteiger partial charge in [-0.2, -0.15) is 4.98 Å². The highest BCUT2D eigenvalue weighted by molar-refractivity contribution is 5.43. The van der Waals surface area contributed by atoms with Crippen LogP contribution in [0.3, 0.4) is 0 Å². The molecular formula is C17H24N4O3. The first-order chi connectivity index (χ1) is 11.8. The topological polar surface area (TPSA) is 93.3 Å². The lowest BCUT2D eigenvalue weighted by atomic mass is 9.86. The Morgan fingerprint density at radius 3 is 2.75 bits per heavy atom. The highest BCUT2D eigenvalue weighted by atomic mass is 16.5. The lowest BCUT2D eigenvalue weighted by Crippen LogP contribution is -2.25. The maximum Gasteiger partial charge on any atom is 0.229 e. The molecule has 0 radical (unpaired) electrons. The molecule has 0 bridgehead atoms. The van der Waals surface area contributed by atoms with Gasteiger partial charge in [0.1, 0.15) is 6.61 Å². The first-order valence-corrected chi connectivity index (χ1v) is 8.57. The Labute approximate surface area is 141 Å². The zero-order valence-corrected chi connectivity index (χ0v) is 13.9. The molecular weight excluding hydrogens is 308 g/mol. The Bertz CT molecular complexity index is 621. The van der Waals surface area contributed by atoms with E-state index in [1.165, 1.54) is 0 Å². The number of nitrogens with zero attached hydrogens (tertiary/aromatic N) is 3. The maximum absolute atomic E-state index is 8.74. The minimum atomic E-state index is -0.00921. The summed E-state index contributed by atoms with van der Waals surface area (Å²) in [4.78, 5) is 8.68. The van der Waals surface area contributed by atoms with Gasteiger partial charge in [-0.1, -0.05) is 12.1 Å². The molecule has 0 saturated heterocycles. The van der Waals surface area contributed by atoms with Gasteiger partial charge in [-0.25, -0.2) is 4.98 Å². The molecule has 7 heteroatoms. The van der Waals surface area contributed by atoms with E-state index in [4.69, 9.17) is 14.4 Å². The van der Waals surface area contributed by atoms with E-state index < -0.39 is 0 Å². The van der Waals surface area contributed by atoms with Crippen molar-refractivity contribution in [3.8, 4) is 5.88 Å². The zero-order valence-electron chi connectivity index (χ0n) is 13.9. The minimum absolute atomic E-state index is 0.00921. The smallest absolute Gasteiger partial charge is 0.229 e. The zero-order chi connectivity index (χ0) is 16.8. The Kier molecular flexibility index (Phi) is 5.63. The second-order valence-corrected chi connectivity index (χ2v) is 6.05. The third kappa shape index (κ3) is 4.23. The highest BCUT2D eigenvalue weighted by Gasteiger charge is 2.26. The fraction of sp³-hybridized carbons (Fsp3) is 0.588. The van der Waals surface area contributed by atoms with Crippen molar-refractivity contribution in [1.82, 2.24) is 15.1 Å². The van der Waals surface area contributed by atoms with Crippen molar-refractivity contribution in [3.05, 3.63) is 30.0 Å². The van der Waals surface area contributed by atoms with Crippen molar-refractivity contribution in [2.75, 3.05) is 18.5 Å². The first kappa shape index (κ1) is 16.7. The van der Waals surface area contributed by atoms with E-state index >= 15 is 0 Å². The number of aliphatic hydroxyl groups is 1. The minimum Gasteiger partial charge on any atom is -0.475 e. The molecule has 0 aromatic carbocycles. The van der Waals surface area contributed by atoms with Crippen LogP contribution in [0.4, 0.5) is 5.69 Å². The number of hydrogen-bond acceptors (Lipinski definition) is 7. The standard InChI is InChI=1S/C17H24N4O3/c1-2-15-20-17(24-21-15)12-3-5-13(6-4-12)19-14-7-8-16(18-11-14)23-10-9-22/h7-8,11-13,19,22H,2-6,9-10H2,1H3. The monoisotopic (exact) mass is 332 g/mol. The van der Waals surface area contributed by atoms with Gasteiger partial charge in [0.2, 0.25) is 11.8 Å². The van der Waals surface area contributed by atoms with Crippen LogP contribution in [0.1, 0.15) is 50.2 Å². The third-order valence-electron chi connectivity index (χ3n) is 4.32. The van der Waals surface area contributed by atoms with Gasteiger partial charge in [0.05, 0.1) is 18.5 Å². The van der Waals surface area contributed by atoms with Crippen molar-refractivity contribution >= 4 is 5.69 Å². The fourth-order valence-corrected chi connectivity index (χ4v) is 3.00. The molecule has 1 aliphatic carbocycles. The van der Waals surface area contributed by atoms with Gasteiger partial charge in [0.25, 0.3) is 0 Å². The summed E-state index contributed by atoms with van der Waals surface area (Å²) in [5, 5.41) is 16.2. The quantitative estimate of drug-likeness (QED) is 0.804. The molecule has 2 N–H and O–H groups in total. The van der Waals surface area contributed by atoms with Crippen LogP contribution >= 0.6 is 0 Å². The van der Waals surface area contributed by atoms with E-state index in [1.807, 2.05) is 19.1 Å². The maximum atomic E-state index is 8.74. The molecule has 1 fully saturated rings. The van der Waals surface area contributed by atoms with Gasteiger partial charge >= 0.3 is 0 Å². The van der Waals surface area contributed by atoms with E-state index in [9.17, 15) is 0 Å². The van der Waals surface area contributed by atoms with E-state index in [-0.39, 0.29) is 13.2 Å². The highest BCUT2D eigenvalue weighted by Crippen LogP contribution is 2.33. The van der Waals surface area contributed by atoms with Crippen LogP contribution in [0.15, 0.2) is 22.9 Å². The van der Waals surface area contributed by atoms with Gasteiger partial charge in [0, 0.05) is 24.4 Å². The molecule has 0 aliphatic heterocycles. The van der Waals surface area contributed by atoms with Gasteiger partial charge in [-0.05, 0) is 31.7 Å². The molecule has 2 aromatic heterocycles. The predicted molar refractivity (Wildman–Crippen MR) is 89.1 cm³/mol. The summed E-state index contributed by atoms with van der Waals surface area (Å²) in [5.74, 6) is 2.49. The number of pyridine rings is 1. The van der Waals surface area contributed by atoms with E-state index in [0.717, 1.165) is 49.5 Å². The van der Waals surface area contributed by atoms with Gasteiger partial charge in [0.15, 0.2) is 5.82 Å². The van der Waals surface area contributed by atoms with Crippen LogP contribution in [0.5, 0.6) is 5.88 Å². The molecule has 1 saturated carbocycles. The van der Waals surface area contributed by atoms with E-state index in [1.54, 1.807) is 6.20 Å². The molecule has 24 heavy (non-hydrogen) atoms. The number of ether oxygens (including phenoxy) is 1. The van der Waals surface area contributed by atoms with Gasteiger partial charge in [-0.3, -0.25) is 0 Å². The molecule has 1 aliphatic rings. The van der Waals surface area contributed by atoms with Crippen LogP contribution in [0, 0.1) is 0 Å². The average Bonchev–Trinajstić information content (AvgIpc) is 3.11. The van der Waals surface area contributed by atoms with E-state index in [2.05, 4.69) is 20.4 Å². The molecule has 2 aromatic rings. The molecule has 130 valence electrons. The predicted octanol–water partition coefficient (Wildman–Crippen LogP) is 2.54. The lowest BCUT2D eigenvalue weighted by molar-refractivity contribution is 0.196. The number of anilines is 1. The fourth-order valence-electron chi connectivity index (χ4n) is 3.00. The molecule has 7 nitrogen and oxygen atoms in total. The summed E-state index contributed by atoms with van der Waals surface area (Å²) in [6.07, 6.45) is 6.81. The molecule has 2 heterocycles. The number of aryl methyl sites for hydroxylation is 1. The second kappa shape index (κ2) is 8.10. The van der Waals surface area contributed by atoms with Crippen LogP contribution < -0.4 is 10.1 Å². The van der Waals surface area contributed by atoms with Crippen molar-refractivity contribution < 1.29 is 14.4 Å². The van der Waals surface area contributed by atoms with Crippen molar-refractivity contribution in [1.29, 1.82) is 0 Å². The average molecular weight is 332 g/mol. The summed E-state index contributed by atoms with van der Waals surface area (Å²) in [6, 6.07) is 4.20. The summed E-state index contributed by atoms with van der Waals surface area (Å²) in [7, 11) is 0. The normalized spacial score (nSPS) is 20.8. The lowest BCUT2D eigenvalue weighted by Gasteiger charge is -2.27. The Morgan fingerprint density at radius 2 is 2.12 bits per heavy atom. The van der Waals surface area contributed by atoms with Crippen molar-refractivity contribution in [3.63, 3.8) is 0 Å². The SMILES string of the molecule is CCc1noc(C2CCC(Nc3ccc(OCCO)nc3)CC2)n1. The summed E-state index contributed by atoms with van der Waals surface area (Å²) in [5.41, 5.74) is 0.987. The Hall–Kier alpha value is -2.15. The van der Waals surface area contributed by atoms with Crippen LogP contribution in [-0.2, 0) is 6.42 Å². The second-order valence-electron chi connectivity index (χ2n) is 6.05. The number of rotatable bonds is 7. The molecule has 0 spiro atoms. The van der Waals surface area contributed by atoms with Crippen LogP contribution in [-0.4, -0.2) is 39.5 Å². The summed E-state index contributed by atoms with van der Waals surface area (Å²) >= 11 is 0. The molecule has 3 rings (SSSR count). The number of aromatic nitrogens is 3. The molecule has 0 amide bonds. The third-order valence-corrected chi connectivity index (χ3v) is 4.32. The summed E-state index contributed by atoms with van der Waals surface area (Å²) in [6.45, 7) is 2.29. The Morgan fingerprint density at radius 1 is 1.29 bits per heavy atom. The Balaban J connectivity index is 1.48. The molecule has 0 unspecified atom stereocenters. The van der Waals surface area contributed by atoms with Crippen LogP contribution in [0.25, 0.3) is 0 Å². The van der Waals surface area contributed by atoms with Gasteiger partial charge < -0.3 is 19.7 Å². The molecule has 0 atom stereocenters. The first-order valence-electron chi connectivity index (χ1n) is 8.57. The summed E-state index contributed by atoms with van der Waals surface area (Å²) < 4.78 is 10.6. The number of nitrogens with one attached hydrogen (secondary N) is 1. The van der Waals surface area contributed by atoms with Crippen molar-refractivity contribution in [2.24, 2.45) is 0 Å². The number of aliphatic hydroxyl groups excluding tert-OH is 1. The number of hydrogen-bond donors (Lipinski definition) is 2. The van der Waals surface area contributed by atoms with Gasteiger partial charge in [-0.15, -0.1) is 0 Å².